The molecule has 2 N–H and O–H groups in total. The Hall–Kier alpha value is 0.170. The standard InChI is InChI=1S/C6H13NO2.ClH/c8-5-6-1-3-7(9)4-2-6;/h6,8-9H,1-5H2;1H. The van der Waals surface area contributed by atoms with Crippen LogP contribution in [0, 0.1) is 5.92 Å². The maximum Gasteiger partial charge on any atom is 0.0460 e. The van der Waals surface area contributed by atoms with Gasteiger partial charge in [0.2, 0.25) is 0 Å². The molecule has 0 aromatic rings. The summed E-state index contributed by atoms with van der Waals surface area (Å²) in [6.45, 7) is 1.70. The van der Waals surface area contributed by atoms with Gasteiger partial charge in [0.25, 0.3) is 0 Å². The Labute approximate surface area is 67.0 Å². The molecule has 0 atom stereocenters. The van der Waals surface area contributed by atoms with Crippen LogP contribution in [-0.4, -0.2) is 35.1 Å². The van der Waals surface area contributed by atoms with Gasteiger partial charge in [-0.1, -0.05) is 0 Å². The molecule has 1 aliphatic rings. The highest BCUT2D eigenvalue weighted by Crippen LogP contribution is 2.13. The smallest absolute Gasteiger partial charge is 0.0460 e. The second-order valence-electron chi connectivity index (χ2n) is 2.58. The predicted octanol–water partition coefficient (Wildman–Crippen LogP) is 0.502. The largest absolute Gasteiger partial charge is 0.396 e. The van der Waals surface area contributed by atoms with E-state index in [0.29, 0.717) is 19.0 Å². The van der Waals surface area contributed by atoms with Crippen molar-refractivity contribution in [3.8, 4) is 0 Å². The average Bonchev–Trinajstić information content (AvgIpc) is 1.90. The van der Waals surface area contributed by atoms with Gasteiger partial charge in [-0.3, -0.25) is 0 Å². The maximum atomic E-state index is 8.87. The van der Waals surface area contributed by atoms with Gasteiger partial charge in [-0.15, -0.1) is 12.4 Å². The van der Waals surface area contributed by atoms with Gasteiger partial charge in [-0.2, -0.15) is 5.06 Å². The second-order valence-corrected chi connectivity index (χ2v) is 2.58. The number of aliphatic hydroxyl groups is 1. The van der Waals surface area contributed by atoms with Crippen LogP contribution >= 0.6 is 12.4 Å². The highest BCUT2D eigenvalue weighted by molar-refractivity contribution is 5.85. The molecular formula is C6H14ClNO2. The molecule has 0 bridgehead atoms. The molecule has 4 heteroatoms. The molecule has 0 radical (unpaired) electrons. The van der Waals surface area contributed by atoms with E-state index in [-0.39, 0.29) is 19.0 Å². The van der Waals surface area contributed by atoms with Crippen molar-refractivity contribution in [3.63, 3.8) is 0 Å². The Kier molecular flexibility index (Phi) is 4.99. The van der Waals surface area contributed by atoms with Crippen LogP contribution in [-0.2, 0) is 0 Å². The summed E-state index contributed by atoms with van der Waals surface area (Å²) in [6.07, 6.45) is 1.85. The van der Waals surface area contributed by atoms with Crippen molar-refractivity contribution in [1.82, 2.24) is 5.06 Å². The lowest BCUT2D eigenvalue weighted by atomic mass is 9.99. The fourth-order valence-corrected chi connectivity index (χ4v) is 1.10. The van der Waals surface area contributed by atoms with Gasteiger partial charge in [0.05, 0.1) is 0 Å². The number of aliphatic hydroxyl groups excluding tert-OH is 1. The fourth-order valence-electron chi connectivity index (χ4n) is 1.10. The summed E-state index contributed by atoms with van der Waals surface area (Å²) in [6, 6.07) is 0. The lowest BCUT2D eigenvalue weighted by Crippen LogP contribution is -2.31. The quantitative estimate of drug-likeness (QED) is 0.598. The van der Waals surface area contributed by atoms with Crippen LogP contribution in [0.5, 0.6) is 0 Å². The highest BCUT2D eigenvalue weighted by atomic mass is 35.5. The molecule has 0 saturated carbocycles. The normalized spacial score (nSPS) is 22.2. The number of hydrogen-bond donors (Lipinski definition) is 2. The van der Waals surface area contributed by atoms with Gasteiger partial charge in [-0.25, -0.2) is 0 Å². The minimum absolute atomic E-state index is 0. The second kappa shape index (κ2) is 4.91. The molecule has 0 aromatic carbocycles. The van der Waals surface area contributed by atoms with Gasteiger partial charge in [0.15, 0.2) is 0 Å². The fraction of sp³-hybridized carbons (Fsp3) is 1.00. The van der Waals surface area contributed by atoms with Crippen molar-refractivity contribution < 1.29 is 10.3 Å². The Morgan fingerprint density at radius 3 is 2.20 bits per heavy atom. The third-order valence-corrected chi connectivity index (χ3v) is 1.85. The monoisotopic (exact) mass is 167 g/mol. The van der Waals surface area contributed by atoms with E-state index in [2.05, 4.69) is 0 Å². The molecule has 1 heterocycles. The molecule has 0 unspecified atom stereocenters. The van der Waals surface area contributed by atoms with Gasteiger partial charge in [0, 0.05) is 19.7 Å². The first-order valence-electron chi connectivity index (χ1n) is 3.37. The Morgan fingerprint density at radius 2 is 1.80 bits per heavy atom. The van der Waals surface area contributed by atoms with E-state index in [1.54, 1.807) is 0 Å². The molecule has 0 aliphatic carbocycles. The predicted molar refractivity (Wildman–Crippen MR) is 40.4 cm³/mol. The lowest BCUT2D eigenvalue weighted by molar-refractivity contribution is -0.114. The zero-order valence-electron chi connectivity index (χ0n) is 5.86. The molecule has 62 valence electrons. The van der Waals surface area contributed by atoms with Crippen LogP contribution in [0.25, 0.3) is 0 Å². The van der Waals surface area contributed by atoms with E-state index in [0.717, 1.165) is 12.8 Å². The van der Waals surface area contributed by atoms with Crippen LogP contribution in [0.1, 0.15) is 12.8 Å². The van der Waals surface area contributed by atoms with Crippen molar-refractivity contribution >= 4 is 12.4 Å². The first kappa shape index (κ1) is 10.2. The molecule has 1 saturated heterocycles. The van der Waals surface area contributed by atoms with Crippen molar-refractivity contribution in [2.75, 3.05) is 19.7 Å². The van der Waals surface area contributed by atoms with E-state index in [9.17, 15) is 0 Å². The van der Waals surface area contributed by atoms with Crippen molar-refractivity contribution in [3.05, 3.63) is 0 Å². The Morgan fingerprint density at radius 1 is 1.30 bits per heavy atom. The molecule has 0 amide bonds. The van der Waals surface area contributed by atoms with Crippen molar-refractivity contribution in [1.29, 1.82) is 0 Å². The number of halogens is 1. The summed E-state index contributed by atoms with van der Waals surface area (Å²) in [5.41, 5.74) is 0. The summed E-state index contributed by atoms with van der Waals surface area (Å²) in [7, 11) is 0. The van der Waals surface area contributed by atoms with Crippen LogP contribution in [0.3, 0.4) is 0 Å². The summed E-state index contributed by atoms with van der Waals surface area (Å²) in [5.74, 6) is 0.424. The molecule has 3 nitrogen and oxygen atoms in total. The number of hydroxylamine groups is 2. The van der Waals surface area contributed by atoms with Crippen molar-refractivity contribution in [2.45, 2.75) is 12.8 Å². The van der Waals surface area contributed by atoms with Gasteiger partial charge < -0.3 is 10.3 Å². The zero-order valence-corrected chi connectivity index (χ0v) is 6.68. The van der Waals surface area contributed by atoms with E-state index in [1.165, 1.54) is 5.06 Å². The van der Waals surface area contributed by atoms with Crippen molar-refractivity contribution in [2.24, 2.45) is 5.92 Å². The number of rotatable bonds is 1. The number of hydrogen-bond acceptors (Lipinski definition) is 3. The van der Waals surface area contributed by atoms with E-state index in [1.807, 2.05) is 0 Å². The lowest BCUT2D eigenvalue weighted by Gasteiger charge is -2.25. The SMILES string of the molecule is Cl.OCC1CCN(O)CC1. The summed E-state index contributed by atoms with van der Waals surface area (Å²) >= 11 is 0. The molecular weight excluding hydrogens is 154 g/mol. The van der Waals surface area contributed by atoms with Gasteiger partial charge >= 0.3 is 0 Å². The first-order valence-corrected chi connectivity index (χ1v) is 3.37. The minimum Gasteiger partial charge on any atom is -0.396 e. The van der Waals surface area contributed by atoms with Crippen LogP contribution in [0.15, 0.2) is 0 Å². The Balaban J connectivity index is 0.000000810. The molecule has 0 aromatic heterocycles. The van der Waals surface area contributed by atoms with Gasteiger partial charge in [0.1, 0.15) is 0 Å². The molecule has 1 fully saturated rings. The summed E-state index contributed by atoms with van der Waals surface area (Å²) in [4.78, 5) is 0. The van der Waals surface area contributed by atoms with Crippen LogP contribution < -0.4 is 0 Å². The maximum absolute atomic E-state index is 8.87. The first-order chi connectivity index (χ1) is 4.33. The molecule has 1 rings (SSSR count). The minimum atomic E-state index is 0. The summed E-state index contributed by atoms with van der Waals surface area (Å²) in [5, 5.41) is 18.9. The average molecular weight is 168 g/mol. The van der Waals surface area contributed by atoms with E-state index in [4.69, 9.17) is 10.3 Å². The topological polar surface area (TPSA) is 43.7 Å². The zero-order chi connectivity index (χ0) is 6.69. The summed E-state index contributed by atoms with van der Waals surface area (Å²) < 4.78 is 0. The highest BCUT2D eigenvalue weighted by Gasteiger charge is 2.15. The number of nitrogens with zero attached hydrogens (tertiary/aromatic N) is 1. The third-order valence-electron chi connectivity index (χ3n) is 1.85. The van der Waals surface area contributed by atoms with E-state index >= 15 is 0 Å². The van der Waals surface area contributed by atoms with Gasteiger partial charge in [-0.05, 0) is 18.8 Å². The Bertz CT molecular complexity index is 83.8. The van der Waals surface area contributed by atoms with E-state index < -0.39 is 0 Å². The van der Waals surface area contributed by atoms with Crippen LogP contribution in [0.4, 0.5) is 0 Å². The van der Waals surface area contributed by atoms with Crippen LogP contribution in [0.2, 0.25) is 0 Å². The molecule has 0 spiro atoms. The number of piperidine rings is 1. The molecule has 1 aliphatic heterocycles. The third kappa shape index (κ3) is 2.84. The molecule has 10 heavy (non-hydrogen) atoms.